The highest BCUT2D eigenvalue weighted by Crippen LogP contribution is 2.16. The number of rotatable bonds is 7. The van der Waals surface area contributed by atoms with Crippen LogP contribution < -0.4 is 10.9 Å². The van der Waals surface area contributed by atoms with Gasteiger partial charge in [-0.25, -0.2) is 8.42 Å². The second kappa shape index (κ2) is 9.82. The maximum Gasteiger partial charge on any atom is 0.269 e. The number of hydrazine groups is 1. The van der Waals surface area contributed by atoms with Gasteiger partial charge in [0.25, 0.3) is 11.8 Å². The van der Waals surface area contributed by atoms with Gasteiger partial charge in [-0.05, 0) is 35.9 Å². The van der Waals surface area contributed by atoms with Gasteiger partial charge in [-0.1, -0.05) is 44.2 Å². The van der Waals surface area contributed by atoms with Gasteiger partial charge in [0.05, 0.1) is 4.90 Å². The van der Waals surface area contributed by atoms with Crippen LogP contribution in [0.5, 0.6) is 0 Å². The van der Waals surface area contributed by atoms with Crippen LogP contribution in [0.1, 0.15) is 29.8 Å². The lowest BCUT2D eigenvalue weighted by atomic mass is 10.2. The monoisotopic (exact) mass is 401 g/mol. The van der Waals surface area contributed by atoms with E-state index in [9.17, 15) is 18.0 Å². The quantitative estimate of drug-likeness (QED) is 0.549. The molecular weight excluding hydrogens is 378 g/mol. The molecule has 7 nitrogen and oxygen atoms in total. The van der Waals surface area contributed by atoms with E-state index in [4.69, 9.17) is 0 Å². The van der Waals surface area contributed by atoms with Crippen LogP contribution in [0, 0.1) is 0 Å². The van der Waals surface area contributed by atoms with Gasteiger partial charge >= 0.3 is 0 Å². The van der Waals surface area contributed by atoms with Crippen molar-refractivity contribution < 1.29 is 18.0 Å². The Balaban J connectivity index is 1.95. The molecule has 0 spiro atoms. The molecule has 8 heteroatoms. The highest BCUT2D eigenvalue weighted by atomic mass is 32.2. The summed E-state index contributed by atoms with van der Waals surface area (Å²) in [5.74, 6) is -0.933. The number of nitrogens with zero attached hydrogens (tertiary/aromatic N) is 1. The molecule has 0 saturated heterocycles. The Kier molecular flexibility index (Phi) is 7.48. The predicted octanol–water partition coefficient (Wildman–Crippen LogP) is 2.19. The van der Waals surface area contributed by atoms with Crippen LogP contribution in [-0.2, 0) is 14.8 Å². The van der Waals surface area contributed by atoms with Crippen molar-refractivity contribution in [1.82, 2.24) is 15.2 Å². The van der Waals surface area contributed by atoms with Crippen molar-refractivity contribution >= 4 is 27.9 Å². The first kappa shape index (κ1) is 21.3. The molecule has 0 radical (unpaired) electrons. The highest BCUT2D eigenvalue weighted by molar-refractivity contribution is 7.89. The number of carbonyl (C=O) groups excluding carboxylic acids is 2. The third-order valence-electron chi connectivity index (χ3n) is 3.99. The minimum absolute atomic E-state index is 0.202. The molecule has 0 saturated carbocycles. The standard InChI is InChI=1S/C20H23N3O4S/c1-3-23(4-2)28(26,27)18-13-10-16(11-14-18)12-15-19(24)21-22-20(25)17-8-6-5-7-9-17/h5-15H,3-4H2,1-2H3,(H,21,24)(H,22,25)/b15-12+. The number of sulfonamides is 1. The molecule has 0 bridgehead atoms. The first-order valence-electron chi connectivity index (χ1n) is 8.82. The zero-order valence-electron chi connectivity index (χ0n) is 15.8. The summed E-state index contributed by atoms with van der Waals surface area (Å²) in [4.78, 5) is 23.9. The Bertz CT molecular complexity index is 935. The van der Waals surface area contributed by atoms with Gasteiger partial charge in [-0.2, -0.15) is 4.31 Å². The molecule has 2 amide bonds. The Hall–Kier alpha value is -2.97. The van der Waals surface area contributed by atoms with Crippen LogP contribution in [-0.4, -0.2) is 37.6 Å². The molecule has 0 aliphatic rings. The number of nitrogens with one attached hydrogen (secondary N) is 2. The van der Waals surface area contributed by atoms with Crippen LogP contribution in [0.3, 0.4) is 0 Å². The molecule has 2 aromatic rings. The van der Waals surface area contributed by atoms with Crippen LogP contribution in [0.25, 0.3) is 6.08 Å². The Labute approximate surface area is 165 Å². The van der Waals surface area contributed by atoms with Gasteiger partial charge in [0.1, 0.15) is 0 Å². The van der Waals surface area contributed by atoms with Gasteiger partial charge in [-0.3, -0.25) is 20.4 Å². The van der Waals surface area contributed by atoms with Gasteiger partial charge in [0, 0.05) is 24.7 Å². The largest absolute Gasteiger partial charge is 0.269 e. The van der Waals surface area contributed by atoms with Crippen molar-refractivity contribution in [3.63, 3.8) is 0 Å². The van der Waals surface area contributed by atoms with Crippen LogP contribution in [0.15, 0.2) is 65.6 Å². The van der Waals surface area contributed by atoms with Crippen molar-refractivity contribution in [2.45, 2.75) is 18.7 Å². The lowest BCUT2D eigenvalue weighted by Crippen LogP contribution is -2.40. The molecule has 2 aromatic carbocycles. The van der Waals surface area contributed by atoms with Crippen molar-refractivity contribution in [2.24, 2.45) is 0 Å². The van der Waals surface area contributed by atoms with E-state index >= 15 is 0 Å². The fourth-order valence-corrected chi connectivity index (χ4v) is 3.92. The zero-order valence-corrected chi connectivity index (χ0v) is 16.6. The molecule has 28 heavy (non-hydrogen) atoms. The van der Waals surface area contributed by atoms with Crippen molar-refractivity contribution in [3.8, 4) is 0 Å². The molecule has 0 unspecified atom stereocenters. The summed E-state index contributed by atoms with van der Waals surface area (Å²) in [5.41, 5.74) is 5.69. The van der Waals surface area contributed by atoms with Crippen LogP contribution >= 0.6 is 0 Å². The van der Waals surface area contributed by atoms with E-state index in [-0.39, 0.29) is 4.90 Å². The normalized spacial score (nSPS) is 11.5. The van der Waals surface area contributed by atoms with E-state index in [1.165, 1.54) is 28.6 Å². The minimum atomic E-state index is -3.51. The van der Waals surface area contributed by atoms with E-state index in [0.29, 0.717) is 24.2 Å². The van der Waals surface area contributed by atoms with E-state index in [0.717, 1.165) is 0 Å². The summed E-state index contributed by atoms with van der Waals surface area (Å²) >= 11 is 0. The van der Waals surface area contributed by atoms with Gasteiger partial charge in [0.15, 0.2) is 0 Å². The summed E-state index contributed by atoms with van der Waals surface area (Å²) in [5, 5.41) is 0. The van der Waals surface area contributed by atoms with E-state index in [2.05, 4.69) is 10.9 Å². The number of carbonyl (C=O) groups is 2. The van der Waals surface area contributed by atoms with Gasteiger partial charge in [-0.15, -0.1) is 0 Å². The summed E-state index contributed by atoms with van der Waals surface area (Å²) in [7, 11) is -3.51. The first-order valence-corrected chi connectivity index (χ1v) is 10.3. The second-order valence-corrected chi connectivity index (χ2v) is 7.74. The number of amides is 2. The molecule has 0 aliphatic carbocycles. The van der Waals surface area contributed by atoms with Gasteiger partial charge < -0.3 is 0 Å². The number of benzene rings is 2. The summed E-state index contributed by atoms with van der Waals surface area (Å²) < 4.78 is 26.3. The molecule has 0 aliphatic heterocycles. The smallest absolute Gasteiger partial charge is 0.268 e. The molecular formula is C20H23N3O4S. The average molecular weight is 401 g/mol. The molecule has 0 atom stereocenters. The molecule has 0 heterocycles. The highest BCUT2D eigenvalue weighted by Gasteiger charge is 2.20. The lowest BCUT2D eigenvalue weighted by Gasteiger charge is -2.18. The SMILES string of the molecule is CCN(CC)S(=O)(=O)c1ccc(/C=C/C(=O)NNC(=O)c2ccccc2)cc1. The van der Waals surface area contributed by atoms with E-state index in [1.807, 2.05) is 0 Å². The predicted molar refractivity (Wildman–Crippen MR) is 108 cm³/mol. The maximum absolute atomic E-state index is 12.4. The Morgan fingerprint density at radius 2 is 1.54 bits per heavy atom. The Morgan fingerprint density at radius 1 is 0.929 bits per heavy atom. The van der Waals surface area contributed by atoms with E-state index < -0.39 is 21.8 Å². The van der Waals surface area contributed by atoms with Gasteiger partial charge in [0.2, 0.25) is 10.0 Å². The molecule has 148 valence electrons. The maximum atomic E-state index is 12.4. The summed E-state index contributed by atoms with van der Waals surface area (Å²) in [6.07, 6.45) is 2.77. The van der Waals surface area contributed by atoms with Crippen molar-refractivity contribution in [3.05, 3.63) is 71.8 Å². The van der Waals surface area contributed by atoms with E-state index in [1.54, 1.807) is 56.3 Å². The minimum Gasteiger partial charge on any atom is -0.268 e. The second-order valence-electron chi connectivity index (χ2n) is 5.80. The third kappa shape index (κ3) is 5.51. The topological polar surface area (TPSA) is 95.6 Å². The average Bonchev–Trinajstić information content (AvgIpc) is 2.72. The van der Waals surface area contributed by atoms with Crippen LogP contribution in [0.2, 0.25) is 0 Å². The summed E-state index contributed by atoms with van der Waals surface area (Å²) in [6.45, 7) is 4.37. The fourth-order valence-electron chi connectivity index (χ4n) is 2.46. The molecule has 0 fully saturated rings. The van der Waals surface area contributed by atoms with Crippen molar-refractivity contribution in [2.75, 3.05) is 13.1 Å². The number of hydrogen-bond donors (Lipinski definition) is 2. The zero-order chi connectivity index (χ0) is 20.6. The fraction of sp³-hybridized carbons (Fsp3) is 0.200. The Morgan fingerprint density at radius 3 is 2.11 bits per heavy atom. The molecule has 2 N–H and O–H groups in total. The lowest BCUT2D eigenvalue weighted by molar-refractivity contribution is -0.117. The van der Waals surface area contributed by atoms with Crippen LogP contribution in [0.4, 0.5) is 0 Å². The first-order chi connectivity index (χ1) is 13.4. The third-order valence-corrected chi connectivity index (χ3v) is 6.05. The van der Waals surface area contributed by atoms with Crippen molar-refractivity contribution in [1.29, 1.82) is 0 Å². The number of hydrogen-bond acceptors (Lipinski definition) is 4. The molecule has 2 rings (SSSR count). The summed E-state index contributed by atoms with van der Waals surface area (Å²) in [6, 6.07) is 14.7. The molecule has 0 aromatic heterocycles.